The molecule has 0 radical (unpaired) electrons. The number of rotatable bonds is 5. The van der Waals surface area contributed by atoms with Crippen LogP contribution in [0.3, 0.4) is 0 Å². The van der Waals surface area contributed by atoms with E-state index in [9.17, 15) is 5.11 Å². The Bertz CT molecular complexity index is 828. The molecule has 0 aromatic heterocycles. The molecular formula is C19H21ClN2O3S. The van der Waals surface area contributed by atoms with Crippen molar-refractivity contribution in [3.63, 3.8) is 0 Å². The number of amidine groups is 1. The van der Waals surface area contributed by atoms with Crippen molar-refractivity contribution in [1.82, 2.24) is 0 Å². The van der Waals surface area contributed by atoms with Crippen molar-refractivity contribution in [2.75, 3.05) is 20.8 Å². The maximum atomic E-state index is 9.44. The van der Waals surface area contributed by atoms with Crippen LogP contribution < -0.4 is 15.2 Å². The average molecular weight is 393 g/mol. The molecule has 0 bridgehead atoms. The van der Waals surface area contributed by atoms with E-state index in [-0.39, 0.29) is 17.1 Å². The molecule has 1 heterocycles. The zero-order chi connectivity index (χ0) is 18.7. The van der Waals surface area contributed by atoms with Gasteiger partial charge in [-0.1, -0.05) is 23.7 Å². The highest BCUT2D eigenvalue weighted by Gasteiger charge is 2.31. The number of benzene rings is 2. The second kappa shape index (κ2) is 8.20. The third-order valence-corrected chi connectivity index (χ3v) is 6.08. The highest BCUT2D eigenvalue weighted by Crippen LogP contribution is 2.50. The first-order chi connectivity index (χ1) is 12.6. The van der Waals surface area contributed by atoms with Gasteiger partial charge in [0.05, 0.1) is 30.4 Å². The van der Waals surface area contributed by atoms with Crippen molar-refractivity contribution in [2.45, 2.75) is 16.9 Å². The molecule has 0 amide bonds. The first-order valence-corrected chi connectivity index (χ1v) is 9.51. The van der Waals surface area contributed by atoms with Crippen molar-refractivity contribution in [1.29, 1.82) is 0 Å². The van der Waals surface area contributed by atoms with E-state index in [0.717, 1.165) is 16.8 Å². The van der Waals surface area contributed by atoms with Crippen LogP contribution in [-0.4, -0.2) is 37.0 Å². The van der Waals surface area contributed by atoms with Crippen molar-refractivity contribution < 1.29 is 14.6 Å². The Hall–Kier alpha value is -1.89. The van der Waals surface area contributed by atoms with Crippen molar-refractivity contribution in [3.8, 4) is 11.5 Å². The van der Waals surface area contributed by atoms with Crippen LogP contribution in [0.2, 0.25) is 5.02 Å². The maximum Gasteiger partial charge on any atom is 0.165 e. The smallest absolute Gasteiger partial charge is 0.165 e. The minimum absolute atomic E-state index is 0.0347. The molecule has 2 atom stereocenters. The summed E-state index contributed by atoms with van der Waals surface area (Å²) in [6, 6.07) is 11.4. The Morgan fingerprint density at radius 1 is 1.19 bits per heavy atom. The Balaban J connectivity index is 2.19. The summed E-state index contributed by atoms with van der Waals surface area (Å²) in [5.41, 5.74) is 8.89. The molecule has 0 fully saturated rings. The summed E-state index contributed by atoms with van der Waals surface area (Å²) >= 11 is 7.89. The summed E-state index contributed by atoms with van der Waals surface area (Å²) in [6.07, 6.45) is 0.518. The quantitative estimate of drug-likeness (QED) is 0.806. The van der Waals surface area contributed by atoms with Gasteiger partial charge in [-0.3, -0.25) is 0 Å². The van der Waals surface area contributed by atoms with E-state index >= 15 is 0 Å². The van der Waals surface area contributed by atoms with Crippen LogP contribution in [0.5, 0.6) is 11.5 Å². The van der Waals surface area contributed by atoms with Crippen LogP contribution in [-0.2, 0) is 0 Å². The van der Waals surface area contributed by atoms with Gasteiger partial charge in [0.1, 0.15) is 5.84 Å². The Morgan fingerprint density at radius 3 is 2.69 bits per heavy atom. The zero-order valence-electron chi connectivity index (χ0n) is 14.6. The number of halogens is 1. The summed E-state index contributed by atoms with van der Waals surface area (Å²) in [5.74, 6) is 1.82. The molecule has 26 heavy (non-hydrogen) atoms. The molecule has 1 aliphatic heterocycles. The highest BCUT2D eigenvalue weighted by atomic mass is 35.5. The molecule has 0 spiro atoms. The van der Waals surface area contributed by atoms with E-state index in [0.29, 0.717) is 28.8 Å². The van der Waals surface area contributed by atoms with Gasteiger partial charge in [0.2, 0.25) is 0 Å². The van der Waals surface area contributed by atoms with Gasteiger partial charge >= 0.3 is 0 Å². The maximum absolute atomic E-state index is 9.44. The van der Waals surface area contributed by atoms with Gasteiger partial charge in [-0.25, -0.2) is 4.99 Å². The van der Waals surface area contributed by atoms with Gasteiger partial charge in [0, 0.05) is 17.2 Å². The number of para-hydroxylation sites is 1. The predicted octanol–water partition coefficient (Wildman–Crippen LogP) is 3.93. The largest absolute Gasteiger partial charge is 0.493 e. The molecule has 7 heteroatoms. The highest BCUT2D eigenvalue weighted by molar-refractivity contribution is 8.01. The summed E-state index contributed by atoms with van der Waals surface area (Å²) in [4.78, 5) is 4.59. The second-order valence-electron chi connectivity index (χ2n) is 5.84. The third kappa shape index (κ3) is 3.63. The van der Waals surface area contributed by atoms with Crippen LogP contribution in [0.1, 0.15) is 22.8 Å². The van der Waals surface area contributed by atoms with Gasteiger partial charge < -0.3 is 20.3 Å². The van der Waals surface area contributed by atoms with E-state index in [1.807, 2.05) is 30.3 Å². The lowest BCUT2D eigenvalue weighted by atomic mass is 10.0. The lowest BCUT2D eigenvalue weighted by molar-refractivity contribution is 0.292. The zero-order valence-corrected chi connectivity index (χ0v) is 16.2. The minimum atomic E-state index is -0.118. The number of aliphatic imine (C=N–C) groups is 1. The molecule has 3 N–H and O–H groups in total. The number of nitrogens with two attached hydrogens (primary N) is 1. The number of aliphatic hydroxyl groups is 1. The fraction of sp³-hybridized carbons (Fsp3) is 0.316. The predicted molar refractivity (Wildman–Crippen MR) is 107 cm³/mol. The molecule has 3 rings (SSSR count). The van der Waals surface area contributed by atoms with Crippen LogP contribution in [0.4, 0.5) is 5.69 Å². The Labute approximate surface area is 162 Å². The molecular weight excluding hydrogens is 372 g/mol. The molecule has 0 saturated heterocycles. The monoisotopic (exact) mass is 392 g/mol. The molecule has 1 aliphatic rings. The van der Waals surface area contributed by atoms with Crippen LogP contribution >= 0.6 is 23.4 Å². The number of nitrogens with zero attached hydrogens (tertiary/aromatic N) is 1. The lowest BCUT2D eigenvalue weighted by Gasteiger charge is -2.24. The van der Waals surface area contributed by atoms with Gasteiger partial charge in [-0.05, 0) is 36.2 Å². The summed E-state index contributed by atoms with van der Waals surface area (Å²) in [7, 11) is 3.24. The van der Waals surface area contributed by atoms with E-state index in [1.165, 1.54) is 0 Å². The Morgan fingerprint density at radius 2 is 2.00 bits per heavy atom. The number of methoxy groups -OCH3 is 2. The number of aliphatic hydroxyl groups excluding tert-OH is 1. The average Bonchev–Trinajstić information content (AvgIpc) is 2.78. The number of hydrogen-bond acceptors (Lipinski definition) is 6. The van der Waals surface area contributed by atoms with E-state index in [4.69, 9.17) is 26.8 Å². The van der Waals surface area contributed by atoms with E-state index < -0.39 is 0 Å². The number of ether oxygens (including phenoxy) is 2. The normalized spacial score (nSPS) is 19.3. The summed E-state index contributed by atoms with van der Waals surface area (Å²) in [6.45, 7) is 0.0347. The first kappa shape index (κ1) is 18.9. The van der Waals surface area contributed by atoms with Crippen LogP contribution in [0, 0.1) is 0 Å². The molecule has 2 aromatic carbocycles. The summed E-state index contributed by atoms with van der Waals surface area (Å²) < 4.78 is 11.1. The van der Waals surface area contributed by atoms with Gasteiger partial charge in [0.15, 0.2) is 11.5 Å². The minimum Gasteiger partial charge on any atom is -0.493 e. The Kier molecular flexibility index (Phi) is 5.96. The molecule has 5 nitrogen and oxygen atoms in total. The van der Waals surface area contributed by atoms with Crippen LogP contribution in [0.25, 0.3) is 0 Å². The molecule has 2 aromatic rings. The fourth-order valence-corrected chi connectivity index (χ4v) is 4.66. The number of fused-ring (bicyclic) bond motifs is 1. The number of thioether (sulfide) groups is 1. The van der Waals surface area contributed by atoms with E-state index in [1.54, 1.807) is 32.0 Å². The topological polar surface area (TPSA) is 77.1 Å². The van der Waals surface area contributed by atoms with E-state index in [2.05, 4.69) is 4.99 Å². The van der Waals surface area contributed by atoms with Gasteiger partial charge in [0.25, 0.3) is 0 Å². The molecule has 0 aliphatic carbocycles. The van der Waals surface area contributed by atoms with Crippen molar-refractivity contribution >= 4 is 34.9 Å². The lowest BCUT2D eigenvalue weighted by Crippen LogP contribution is -2.27. The fourth-order valence-electron chi connectivity index (χ4n) is 3.05. The molecule has 0 unspecified atom stereocenters. The molecule has 138 valence electrons. The van der Waals surface area contributed by atoms with Crippen molar-refractivity contribution in [3.05, 3.63) is 52.5 Å². The van der Waals surface area contributed by atoms with Crippen LogP contribution in [0.15, 0.2) is 41.4 Å². The summed E-state index contributed by atoms with van der Waals surface area (Å²) in [5, 5.41) is 9.84. The van der Waals surface area contributed by atoms with Gasteiger partial charge in [-0.15, -0.1) is 11.8 Å². The molecule has 0 saturated carbocycles. The third-order valence-electron chi connectivity index (χ3n) is 4.26. The van der Waals surface area contributed by atoms with Gasteiger partial charge in [-0.2, -0.15) is 0 Å². The number of hydrogen-bond donors (Lipinski definition) is 2. The SMILES string of the molecule is COc1cccc([C@H]2S[C@H](CCO)C(N)=Nc3ccc(Cl)cc32)c1OC. The second-order valence-corrected chi connectivity index (χ2v) is 7.59. The first-order valence-electron chi connectivity index (χ1n) is 8.19. The van der Waals surface area contributed by atoms with Crippen molar-refractivity contribution in [2.24, 2.45) is 10.7 Å². The standard InChI is InChI=1S/C19H21ClN2O3S/c1-24-15-5-3-4-12(17(15)25-2)18-13-10-11(20)6-7-14(13)22-19(21)16(26-18)8-9-23/h3-7,10,16,18,23H,8-9H2,1-2H3,(H2,21,22)/t16-,18-/m1/s1.